The molecule has 7 nitrogen and oxygen atoms in total. The molecule has 2 heterocycles. The van der Waals surface area contributed by atoms with Gasteiger partial charge in [-0.1, -0.05) is 42.5 Å². The van der Waals surface area contributed by atoms with Gasteiger partial charge in [0.2, 0.25) is 0 Å². The number of carbonyl (C=O) groups is 2. The first-order valence-electron chi connectivity index (χ1n) is 11.4. The Morgan fingerprint density at radius 1 is 0.972 bits per heavy atom. The molecule has 0 radical (unpaired) electrons. The summed E-state index contributed by atoms with van der Waals surface area (Å²) in [5.74, 6) is -0.453. The van der Waals surface area contributed by atoms with E-state index >= 15 is 0 Å². The van der Waals surface area contributed by atoms with E-state index in [1.54, 1.807) is 44.6 Å². The molecule has 0 saturated carbocycles. The number of Topliss-reactive ketones (excluding diaryl/α,β-unsaturated/α-hetero) is 1. The van der Waals surface area contributed by atoms with Crippen LogP contribution in [0.4, 0.5) is 5.13 Å². The number of methoxy groups -OCH3 is 2. The first-order chi connectivity index (χ1) is 17.4. The van der Waals surface area contributed by atoms with Crippen LogP contribution in [-0.4, -0.2) is 36.0 Å². The third-order valence-electron chi connectivity index (χ3n) is 6.30. The Morgan fingerprint density at radius 3 is 2.28 bits per heavy atom. The maximum atomic E-state index is 13.4. The summed E-state index contributed by atoms with van der Waals surface area (Å²) in [5, 5.41) is 11.7. The van der Waals surface area contributed by atoms with Gasteiger partial charge in [-0.15, -0.1) is 0 Å². The number of hydrogen-bond donors (Lipinski definition) is 1. The summed E-state index contributed by atoms with van der Waals surface area (Å²) in [6.45, 7) is 2.06. The molecule has 1 fully saturated rings. The molecule has 8 heteroatoms. The number of thiazole rings is 1. The number of nitrogens with zero attached hydrogens (tertiary/aromatic N) is 2. The number of ketones is 1. The molecular formula is C28H24N2O5S. The third kappa shape index (κ3) is 3.99. The van der Waals surface area contributed by atoms with Crippen LogP contribution in [0.3, 0.4) is 0 Å². The second kappa shape index (κ2) is 9.47. The number of aliphatic hydroxyl groups excluding tert-OH is 1. The molecule has 36 heavy (non-hydrogen) atoms. The number of aliphatic hydroxyl groups is 1. The van der Waals surface area contributed by atoms with Crippen molar-refractivity contribution in [3.8, 4) is 11.5 Å². The molecular weight excluding hydrogens is 476 g/mol. The number of rotatable bonds is 6. The first-order valence-corrected chi connectivity index (χ1v) is 12.3. The number of aryl methyl sites for hydroxylation is 1. The van der Waals surface area contributed by atoms with Gasteiger partial charge in [-0.3, -0.25) is 14.5 Å². The van der Waals surface area contributed by atoms with Crippen LogP contribution in [-0.2, 0) is 16.0 Å². The van der Waals surface area contributed by atoms with Crippen LogP contribution in [0.2, 0.25) is 0 Å². The Kier molecular flexibility index (Phi) is 6.20. The maximum Gasteiger partial charge on any atom is 0.301 e. The highest BCUT2D eigenvalue weighted by Gasteiger charge is 2.48. The third-order valence-corrected chi connectivity index (χ3v) is 7.32. The van der Waals surface area contributed by atoms with Gasteiger partial charge >= 0.3 is 5.91 Å². The van der Waals surface area contributed by atoms with Crippen molar-refractivity contribution < 1.29 is 24.2 Å². The van der Waals surface area contributed by atoms with Gasteiger partial charge in [0.05, 0.1) is 36.1 Å². The highest BCUT2D eigenvalue weighted by molar-refractivity contribution is 7.22. The average molecular weight is 501 g/mol. The molecule has 1 amide bonds. The van der Waals surface area contributed by atoms with E-state index in [2.05, 4.69) is 11.9 Å². The lowest BCUT2D eigenvalue weighted by molar-refractivity contribution is -0.132. The molecule has 0 spiro atoms. The van der Waals surface area contributed by atoms with E-state index in [1.807, 2.05) is 36.4 Å². The topological polar surface area (TPSA) is 89.0 Å². The van der Waals surface area contributed by atoms with E-state index in [0.29, 0.717) is 33.3 Å². The molecule has 1 N–H and O–H groups in total. The Morgan fingerprint density at radius 2 is 1.64 bits per heavy atom. The van der Waals surface area contributed by atoms with Gasteiger partial charge in [0.25, 0.3) is 5.78 Å². The van der Waals surface area contributed by atoms with E-state index < -0.39 is 17.7 Å². The number of carbonyl (C=O) groups excluding carboxylic acids is 2. The lowest BCUT2D eigenvalue weighted by Gasteiger charge is -2.23. The zero-order valence-corrected chi connectivity index (χ0v) is 20.8. The lowest BCUT2D eigenvalue weighted by atomic mass is 9.94. The highest BCUT2D eigenvalue weighted by atomic mass is 32.1. The molecule has 182 valence electrons. The van der Waals surface area contributed by atoms with Crippen LogP contribution in [0.15, 0.2) is 72.3 Å². The number of aromatic nitrogens is 1. The van der Waals surface area contributed by atoms with Gasteiger partial charge in [-0.25, -0.2) is 4.98 Å². The van der Waals surface area contributed by atoms with Gasteiger partial charge < -0.3 is 14.6 Å². The molecule has 3 aromatic carbocycles. The van der Waals surface area contributed by atoms with Crippen molar-refractivity contribution in [3.05, 3.63) is 89.0 Å². The lowest BCUT2D eigenvalue weighted by Crippen LogP contribution is -2.29. The zero-order valence-electron chi connectivity index (χ0n) is 20.0. The van der Waals surface area contributed by atoms with Crippen LogP contribution < -0.4 is 14.4 Å². The summed E-state index contributed by atoms with van der Waals surface area (Å²) >= 11 is 1.29. The van der Waals surface area contributed by atoms with Crippen LogP contribution >= 0.6 is 11.3 Å². The van der Waals surface area contributed by atoms with Crippen molar-refractivity contribution in [2.24, 2.45) is 0 Å². The first kappa shape index (κ1) is 23.6. The smallest absolute Gasteiger partial charge is 0.301 e. The predicted molar refractivity (Wildman–Crippen MR) is 140 cm³/mol. The Balaban J connectivity index is 1.69. The molecule has 1 saturated heterocycles. The monoisotopic (exact) mass is 500 g/mol. The maximum absolute atomic E-state index is 13.4. The number of benzene rings is 3. The van der Waals surface area contributed by atoms with Gasteiger partial charge in [0.1, 0.15) is 17.3 Å². The minimum Gasteiger partial charge on any atom is -0.507 e. The minimum absolute atomic E-state index is 0.0197. The average Bonchev–Trinajstić information content (AvgIpc) is 3.45. The van der Waals surface area contributed by atoms with Gasteiger partial charge in [-0.05, 0) is 60.0 Å². The quantitative estimate of drug-likeness (QED) is 0.214. The minimum atomic E-state index is -0.833. The molecule has 5 rings (SSSR count). The Labute approximate surface area is 212 Å². The number of fused-ring (bicyclic) bond motifs is 1. The Hall–Kier alpha value is -4.17. The summed E-state index contributed by atoms with van der Waals surface area (Å²) in [4.78, 5) is 32.8. The van der Waals surface area contributed by atoms with Crippen LogP contribution in [0.25, 0.3) is 16.0 Å². The van der Waals surface area contributed by atoms with Gasteiger partial charge in [0, 0.05) is 5.56 Å². The highest BCUT2D eigenvalue weighted by Crippen LogP contribution is 2.44. The summed E-state index contributed by atoms with van der Waals surface area (Å²) in [6.07, 6.45) is 0.853. The largest absolute Gasteiger partial charge is 0.507 e. The van der Waals surface area contributed by atoms with Crippen molar-refractivity contribution >= 4 is 44.1 Å². The van der Waals surface area contributed by atoms with Crippen LogP contribution in [0.5, 0.6) is 11.5 Å². The predicted octanol–water partition coefficient (Wildman–Crippen LogP) is 5.50. The van der Waals surface area contributed by atoms with Crippen molar-refractivity contribution in [2.75, 3.05) is 19.1 Å². The van der Waals surface area contributed by atoms with E-state index in [0.717, 1.165) is 16.7 Å². The van der Waals surface area contributed by atoms with Crippen LogP contribution in [0, 0.1) is 0 Å². The van der Waals surface area contributed by atoms with E-state index in [9.17, 15) is 14.7 Å². The van der Waals surface area contributed by atoms with E-state index in [1.165, 1.54) is 16.2 Å². The van der Waals surface area contributed by atoms with E-state index in [-0.39, 0.29) is 11.3 Å². The van der Waals surface area contributed by atoms with Crippen molar-refractivity contribution in [1.82, 2.24) is 4.98 Å². The van der Waals surface area contributed by atoms with Gasteiger partial charge in [0.15, 0.2) is 5.13 Å². The van der Waals surface area contributed by atoms with Gasteiger partial charge in [-0.2, -0.15) is 0 Å². The normalized spacial score (nSPS) is 17.1. The summed E-state index contributed by atoms with van der Waals surface area (Å²) in [6, 6.07) is 19.0. The number of anilines is 1. The summed E-state index contributed by atoms with van der Waals surface area (Å²) in [5.41, 5.74) is 2.95. The molecule has 1 unspecified atom stereocenters. The number of hydrogen-bond acceptors (Lipinski definition) is 7. The number of ether oxygens (including phenoxy) is 2. The second-order valence-electron chi connectivity index (χ2n) is 8.32. The molecule has 1 atom stereocenters. The SMILES string of the molecule is CCc1ccc(C2/C(=C(\O)c3ccc(OC)cc3)C(=O)C(=O)N2c2nc3ccc(OC)cc3s2)cc1. The van der Waals surface area contributed by atoms with Crippen molar-refractivity contribution in [2.45, 2.75) is 19.4 Å². The summed E-state index contributed by atoms with van der Waals surface area (Å²) in [7, 11) is 3.13. The van der Waals surface area contributed by atoms with Crippen molar-refractivity contribution in [3.63, 3.8) is 0 Å². The number of amides is 1. The molecule has 1 aliphatic rings. The molecule has 4 aromatic rings. The molecule has 1 aromatic heterocycles. The fourth-order valence-electron chi connectivity index (χ4n) is 4.31. The standard InChI is InChI=1S/C28H24N2O5S/c1-4-16-5-7-17(8-6-16)24-23(25(31)18-9-11-19(34-2)12-10-18)26(32)27(33)30(24)28-29-21-14-13-20(35-3)15-22(21)36-28/h5-15,24,31H,4H2,1-3H3/b25-23+. The molecule has 0 aliphatic carbocycles. The Bertz CT molecular complexity index is 1490. The summed E-state index contributed by atoms with van der Waals surface area (Å²) < 4.78 is 11.3. The fourth-order valence-corrected chi connectivity index (χ4v) is 5.33. The second-order valence-corrected chi connectivity index (χ2v) is 9.33. The van der Waals surface area contributed by atoms with Crippen LogP contribution in [0.1, 0.15) is 29.7 Å². The zero-order chi connectivity index (χ0) is 25.4. The molecule has 0 bridgehead atoms. The van der Waals surface area contributed by atoms with E-state index in [4.69, 9.17) is 9.47 Å². The molecule has 1 aliphatic heterocycles. The van der Waals surface area contributed by atoms with Crippen molar-refractivity contribution in [1.29, 1.82) is 0 Å². The fraction of sp³-hybridized carbons (Fsp3) is 0.179.